The molecule has 0 aliphatic carbocycles. The number of halogens is 2. The van der Waals surface area contributed by atoms with Gasteiger partial charge in [0.15, 0.2) is 11.6 Å². The Balaban J connectivity index is 2.05. The summed E-state index contributed by atoms with van der Waals surface area (Å²) in [5.41, 5.74) is 0.673. The lowest BCUT2D eigenvalue weighted by atomic mass is 10.3. The van der Waals surface area contributed by atoms with Gasteiger partial charge in [0.25, 0.3) is 0 Å². The van der Waals surface area contributed by atoms with Crippen LogP contribution in [0.15, 0.2) is 39.4 Å². The Morgan fingerprint density at radius 2 is 2.24 bits per heavy atom. The van der Waals surface area contributed by atoms with Gasteiger partial charge in [-0.1, -0.05) is 0 Å². The van der Waals surface area contributed by atoms with E-state index in [2.05, 4.69) is 21.2 Å². The minimum absolute atomic E-state index is 0.231. The van der Waals surface area contributed by atoms with Gasteiger partial charge in [-0.15, -0.1) is 0 Å². The van der Waals surface area contributed by atoms with E-state index in [1.165, 1.54) is 13.2 Å². The largest absolute Gasteiger partial charge is 0.494 e. The van der Waals surface area contributed by atoms with Crippen molar-refractivity contribution in [1.82, 2.24) is 0 Å². The van der Waals surface area contributed by atoms with E-state index in [1.807, 2.05) is 6.07 Å². The molecule has 90 valence electrons. The third-order valence-electron chi connectivity index (χ3n) is 2.30. The molecule has 0 fully saturated rings. The second-order valence-electron chi connectivity index (χ2n) is 3.39. The van der Waals surface area contributed by atoms with Crippen molar-refractivity contribution in [3.05, 3.63) is 46.6 Å². The monoisotopic (exact) mass is 299 g/mol. The fourth-order valence-electron chi connectivity index (χ4n) is 1.41. The first-order valence-corrected chi connectivity index (χ1v) is 5.79. The first kappa shape index (κ1) is 12.0. The van der Waals surface area contributed by atoms with Crippen LogP contribution in [0.25, 0.3) is 0 Å². The Morgan fingerprint density at radius 1 is 1.41 bits per heavy atom. The molecule has 1 aromatic carbocycles. The number of hydrogen-bond acceptors (Lipinski definition) is 3. The number of anilines is 1. The highest BCUT2D eigenvalue weighted by Crippen LogP contribution is 2.22. The topological polar surface area (TPSA) is 34.4 Å². The number of methoxy groups -OCH3 is 1. The molecule has 1 N–H and O–H groups in total. The van der Waals surface area contributed by atoms with Gasteiger partial charge in [-0.3, -0.25) is 0 Å². The SMILES string of the molecule is COc1ccc(NCc2occc2Br)cc1F. The van der Waals surface area contributed by atoms with Gasteiger partial charge in [0.1, 0.15) is 5.76 Å². The molecule has 0 spiro atoms. The van der Waals surface area contributed by atoms with Crippen LogP contribution in [-0.2, 0) is 6.54 Å². The van der Waals surface area contributed by atoms with Crippen molar-refractivity contribution >= 4 is 21.6 Å². The zero-order valence-electron chi connectivity index (χ0n) is 9.17. The summed E-state index contributed by atoms with van der Waals surface area (Å²) < 4.78 is 24.4. The van der Waals surface area contributed by atoms with Gasteiger partial charge in [-0.2, -0.15) is 0 Å². The molecule has 0 bridgehead atoms. The summed E-state index contributed by atoms with van der Waals surface area (Å²) in [6, 6.07) is 6.52. The first-order valence-electron chi connectivity index (χ1n) is 5.00. The summed E-state index contributed by atoms with van der Waals surface area (Å²) in [5.74, 6) is 0.604. The molecule has 0 saturated heterocycles. The van der Waals surface area contributed by atoms with Gasteiger partial charge < -0.3 is 14.5 Å². The molecule has 3 nitrogen and oxygen atoms in total. The Morgan fingerprint density at radius 3 is 2.82 bits per heavy atom. The van der Waals surface area contributed by atoms with Crippen LogP contribution < -0.4 is 10.1 Å². The number of rotatable bonds is 4. The van der Waals surface area contributed by atoms with E-state index in [4.69, 9.17) is 9.15 Å². The number of ether oxygens (including phenoxy) is 1. The predicted octanol–water partition coefficient (Wildman–Crippen LogP) is 3.80. The maximum atomic E-state index is 13.4. The molecule has 5 heteroatoms. The molecule has 1 heterocycles. The lowest BCUT2D eigenvalue weighted by molar-refractivity contribution is 0.386. The second kappa shape index (κ2) is 5.23. The summed E-state index contributed by atoms with van der Waals surface area (Å²) in [6.45, 7) is 0.485. The third-order valence-corrected chi connectivity index (χ3v) is 3.00. The van der Waals surface area contributed by atoms with Gasteiger partial charge in [-0.25, -0.2) is 4.39 Å². The van der Waals surface area contributed by atoms with E-state index in [-0.39, 0.29) is 5.75 Å². The maximum Gasteiger partial charge on any atom is 0.167 e. The fraction of sp³-hybridized carbons (Fsp3) is 0.167. The normalized spacial score (nSPS) is 10.3. The van der Waals surface area contributed by atoms with Crippen molar-refractivity contribution in [1.29, 1.82) is 0 Å². The Labute approximate surface area is 107 Å². The summed E-state index contributed by atoms with van der Waals surface area (Å²) in [7, 11) is 1.44. The van der Waals surface area contributed by atoms with Crippen molar-refractivity contribution in [3.8, 4) is 5.75 Å². The van der Waals surface area contributed by atoms with Crippen molar-refractivity contribution in [3.63, 3.8) is 0 Å². The summed E-state index contributed by atoms with van der Waals surface area (Å²) in [4.78, 5) is 0. The molecule has 0 saturated carbocycles. The van der Waals surface area contributed by atoms with Crippen LogP contribution in [0.1, 0.15) is 5.76 Å². The number of furan rings is 1. The minimum Gasteiger partial charge on any atom is -0.494 e. The Bertz CT molecular complexity index is 513. The standard InChI is InChI=1S/C12H11BrFNO2/c1-16-11-3-2-8(6-10(11)14)15-7-12-9(13)4-5-17-12/h2-6,15H,7H2,1H3. The number of benzene rings is 1. The highest BCUT2D eigenvalue weighted by Gasteiger charge is 2.05. The van der Waals surface area contributed by atoms with Crippen molar-refractivity contribution < 1.29 is 13.5 Å². The van der Waals surface area contributed by atoms with Crippen LogP contribution >= 0.6 is 15.9 Å². The van der Waals surface area contributed by atoms with Crippen LogP contribution in [-0.4, -0.2) is 7.11 Å². The quantitative estimate of drug-likeness (QED) is 0.932. The fourth-order valence-corrected chi connectivity index (χ4v) is 1.75. The molecule has 0 unspecified atom stereocenters. The zero-order valence-corrected chi connectivity index (χ0v) is 10.8. The van der Waals surface area contributed by atoms with E-state index < -0.39 is 5.82 Å². The van der Waals surface area contributed by atoms with Crippen molar-refractivity contribution in [2.75, 3.05) is 12.4 Å². The van der Waals surface area contributed by atoms with Crippen LogP contribution in [0.3, 0.4) is 0 Å². The lowest BCUT2D eigenvalue weighted by Gasteiger charge is -2.07. The molecule has 0 aliphatic heterocycles. The molecule has 0 atom stereocenters. The van der Waals surface area contributed by atoms with Gasteiger partial charge >= 0.3 is 0 Å². The molecule has 0 amide bonds. The Kier molecular flexibility index (Phi) is 3.68. The van der Waals surface area contributed by atoms with Crippen LogP contribution in [0.2, 0.25) is 0 Å². The summed E-state index contributed by atoms with van der Waals surface area (Å²) in [5, 5.41) is 3.06. The smallest absolute Gasteiger partial charge is 0.167 e. The molecular formula is C12H11BrFNO2. The average Bonchev–Trinajstić information content (AvgIpc) is 2.72. The molecule has 2 aromatic rings. The number of hydrogen-bond donors (Lipinski definition) is 1. The molecule has 17 heavy (non-hydrogen) atoms. The second-order valence-corrected chi connectivity index (χ2v) is 4.25. The number of nitrogens with one attached hydrogen (secondary N) is 1. The molecule has 0 aliphatic rings. The first-order chi connectivity index (χ1) is 8.20. The van der Waals surface area contributed by atoms with Crippen LogP contribution in [0.4, 0.5) is 10.1 Å². The van der Waals surface area contributed by atoms with Gasteiger partial charge in [-0.05, 0) is 34.1 Å². The lowest BCUT2D eigenvalue weighted by Crippen LogP contribution is -1.99. The van der Waals surface area contributed by atoms with E-state index in [1.54, 1.807) is 18.4 Å². The van der Waals surface area contributed by atoms with Gasteiger partial charge in [0.05, 0.1) is 24.4 Å². The minimum atomic E-state index is -0.393. The maximum absolute atomic E-state index is 13.4. The van der Waals surface area contributed by atoms with E-state index in [9.17, 15) is 4.39 Å². The highest BCUT2D eigenvalue weighted by atomic mass is 79.9. The average molecular weight is 300 g/mol. The Hall–Kier alpha value is -1.49. The van der Waals surface area contributed by atoms with Crippen LogP contribution in [0.5, 0.6) is 5.75 Å². The van der Waals surface area contributed by atoms with E-state index >= 15 is 0 Å². The predicted molar refractivity (Wildman–Crippen MR) is 66.7 cm³/mol. The molecule has 0 radical (unpaired) electrons. The summed E-state index contributed by atoms with van der Waals surface area (Å²) in [6.07, 6.45) is 1.59. The molecular weight excluding hydrogens is 289 g/mol. The van der Waals surface area contributed by atoms with Gasteiger partial charge in [0, 0.05) is 11.8 Å². The van der Waals surface area contributed by atoms with Crippen molar-refractivity contribution in [2.24, 2.45) is 0 Å². The molecule has 1 aromatic heterocycles. The van der Waals surface area contributed by atoms with E-state index in [0.717, 1.165) is 10.2 Å². The summed E-state index contributed by atoms with van der Waals surface area (Å²) >= 11 is 3.35. The third kappa shape index (κ3) is 2.79. The zero-order chi connectivity index (χ0) is 12.3. The van der Waals surface area contributed by atoms with Crippen molar-refractivity contribution in [2.45, 2.75) is 6.54 Å². The highest BCUT2D eigenvalue weighted by molar-refractivity contribution is 9.10. The molecule has 2 rings (SSSR count). The van der Waals surface area contributed by atoms with Crippen LogP contribution in [0, 0.1) is 5.82 Å². The van der Waals surface area contributed by atoms with E-state index in [0.29, 0.717) is 12.2 Å². The van der Waals surface area contributed by atoms with Gasteiger partial charge in [0.2, 0.25) is 0 Å².